The van der Waals surface area contributed by atoms with E-state index in [1.807, 2.05) is 6.08 Å². The number of nitrogens with zero attached hydrogens (tertiary/aromatic N) is 3. The number of benzene rings is 2. The summed E-state index contributed by atoms with van der Waals surface area (Å²) >= 11 is 0. The normalized spacial score (nSPS) is 26.5. The van der Waals surface area contributed by atoms with Crippen molar-refractivity contribution in [1.29, 1.82) is 0 Å². The van der Waals surface area contributed by atoms with E-state index in [1.54, 1.807) is 7.11 Å². The van der Waals surface area contributed by atoms with Crippen molar-refractivity contribution in [2.75, 3.05) is 26.7 Å². The summed E-state index contributed by atoms with van der Waals surface area (Å²) in [6, 6.07) is 9.15. The summed E-state index contributed by atoms with van der Waals surface area (Å²) in [5, 5.41) is 0. The van der Waals surface area contributed by atoms with Crippen LogP contribution in [0.5, 0.6) is 5.75 Å². The van der Waals surface area contributed by atoms with E-state index in [1.165, 1.54) is 52.6 Å². The zero-order chi connectivity index (χ0) is 23.9. The van der Waals surface area contributed by atoms with Gasteiger partial charge in [-0.15, -0.1) is 13.7 Å². The Kier molecular flexibility index (Phi) is 6.01. The first-order valence-corrected chi connectivity index (χ1v) is 12.7. The van der Waals surface area contributed by atoms with Crippen molar-refractivity contribution in [3.63, 3.8) is 0 Å². The second kappa shape index (κ2) is 8.98. The highest BCUT2D eigenvalue weighted by atomic mass is 16.5. The molecule has 0 aliphatic carbocycles. The second-order valence-electron chi connectivity index (χ2n) is 10.2. The predicted molar refractivity (Wildman–Crippen MR) is 140 cm³/mol. The molecule has 0 spiro atoms. The Bertz CT molecular complexity index is 1250. The fourth-order valence-corrected chi connectivity index (χ4v) is 6.08. The molecule has 1 atom stereocenters. The lowest BCUT2D eigenvalue weighted by Crippen LogP contribution is -2.62. The molecule has 4 nitrogen and oxygen atoms in total. The average molecular weight is 457 g/mol. The van der Waals surface area contributed by atoms with Gasteiger partial charge in [0.2, 0.25) is 0 Å². The molecule has 3 aliphatic rings. The molecule has 0 saturated carbocycles. The number of fused-ring (bicyclic) bond motifs is 3. The summed E-state index contributed by atoms with van der Waals surface area (Å²) in [6.07, 6.45) is 15.0. The highest BCUT2D eigenvalue weighted by Crippen LogP contribution is 2.30. The molecule has 1 fully saturated rings. The molecule has 4 heteroatoms. The third-order valence-electron chi connectivity index (χ3n) is 7.82. The zero-order valence-electron chi connectivity index (χ0n) is 21.2. The standard InChI is InChI=1S/C30H38N3O/c1-6-24-15-22(2)16-25-19-32-13-10-14-33-21-27-18-23(3)17-26(29(27)34-5)20-31(30(32,33)4)12-9-7-8-11-28(24)25/h6,15-21H,1,7-14H2,2-5H3/q+3/b31-20-,32-19-,33-21-. The molecule has 5 rings (SSSR count). The number of hydrogen-bond acceptors (Lipinski definition) is 1. The minimum absolute atomic E-state index is 0.291. The quantitative estimate of drug-likeness (QED) is 0.596. The van der Waals surface area contributed by atoms with E-state index in [4.69, 9.17) is 4.74 Å². The Hall–Kier alpha value is -3.01. The van der Waals surface area contributed by atoms with Gasteiger partial charge in [0.15, 0.2) is 38.3 Å². The molecule has 2 aromatic rings. The zero-order valence-corrected chi connectivity index (χ0v) is 21.2. The van der Waals surface area contributed by atoms with E-state index in [0.29, 0.717) is 0 Å². The van der Waals surface area contributed by atoms with Gasteiger partial charge >= 0.3 is 5.79 Å². The Morgan fingerprint density at radius 2 is 1.35 bits per heavy atom. The lowest BCUT2D eigenvalue weighted by molar-refractivity contribution is -1.00. The maximum atomic E-state index is 5.92. The van der Waals surface area contributed by atoms with Crippen LogP contribution in [0.4, 0.5) is 0 Å². The fraction of sp³-hybridized carbons (Fsp3) is 0.433. The third-order valence-corrected chi connectivity index (χ3v) is 7.82. The van der Waals surface area contributed by atoms with Crippen LogP contribution < -0.4 is 4.74 Å². The van der Waals surface area contributed by atoms with Crippen LogP contribution in [0.25, 0.3) is 6.08 Å². The van der Waals surface area contributed by atoms with Gasteiger partial charge < -0.3 is 4.74 Å². The molecule has 34 heavy (non-hydrogen) atoms. The van der Waals surface area contributed by atoms with Crippen LogP contribution in [-0.2, 0) is 6.42 Å². The monoisotopic (exact) mass is 456 g/mol. The molecule has 3 aliphatic heterocycles. The maximum Gasteiger partial charge on any atom is 0.542 e. The summed E-state index contributed by atoms with van der Waals surface area (Å²) in [4.78, 5) is 0. The van der Waals surface area contributed by atoms with E-state index in [-0.39, 0.29) is 5.79 Å². The van der Waals surface area contributed by atoms with Gasteiger partial charge in [-0.25, -0.2) is 0 Å². The smallest absolute Gasteiger partial charge is 0.495 e. The molecule has 1 saturated heterocycles. The number of hydrogen-bond donors (Lipinski definition) is 0. The highest BCUT2D eigenvalue weighted by molar-refractivity contribution is 5.90. The topological polar surface area (TPSA) is 18.3 Å². The summed E-state index contributed by atoms with van der Waals surface area (Å²) in [5.74, 6) is 0.681. The van der Waals surface area contributed by atoms with Gasteiger partial charge in [-0.2, -0.15) is 0 Å². The molecular weight excluding hydrogens is 418 g/mol. The molecule has 2 aromatic carbocycles. The van der Waals surface area contributed by atoms with E-state index >= 15 is 0 Å². The van der Waals surface area contributed by atoms with Crippen molar-refractivity contribution in [2.24, 2.45) is 0 Å². The first kappa shape index (κ1) is 22.8. The van der Waals surface area contributed by atoms with Crippen LogP contribution in [-0.4, -0.2) is 64.9 Å². The largest absolute Gasteiger partial charge is 0.542 e. The van der Waals surface area contributed by atoms with Crippen LogP contribution in [0, 0.1) is 13.8 Å². The van der Waals surface area contributed by atoms with E-state index < -0.39 is 0 Å². The molecule has 1 unspecified atom stereocenters. The number of rotatable bonds is 2. The number of methoxy groups -OCH3 is 1. The first-order chi connectivity index (χ1) is 16.4. The minimum Gasteiger partial charge on any atom is -0.495 e. The third kappa shape index (κ3) is 3.83. The van der Waals surface area contributed by atoms with Crippen molar-refractivity contribution >= 4 is 24.7 Å². The summed E-state index contributed by atoms with van der Waals surface area (Å²) in [5.41, 5.74) is 8.96. The van der Waals surface area contributed by atoms with Crippen molar-refractivity contribution in [3.8, 4) is 5.75 Å². The predicted octanol–water partition coefficient (Wildman–Crippen LogP) is 4.77. The van der Waals surface area contributed by atoms with Gasteiger partial charge in [-0.3, -0.25) is 0 Å². The van der Waals surface area contributed by atoms with E-state index in [0.717, 1.165) is 43.8 Å². The first-order valence-electron chi connectivity index (χ1n) is 12.7. The van der Waals surface area contributed by atoms with Crippen molar-refractivity contribution < 1.29 is 18.5 Å². The highest BCUT2D eigenvalue weighted by Gasteiger charge is 2.60. The van der Waals surface area contributed by atoms with Gasteiger partial charge in [0.05, 0.1) is 24.7 Å². The maximum absolute atomic E-state index is 5.92. The molecule has 3 heterocycles. The lowest BCUT2D eigenvalue weighted by Gasteiger charge is -2.27. The van der Waals surface area contributed by atoms with Crippen molar-refractivity contribution in [1.82, 2.24) is 0 Å². The summed E-state index contributed by atoms with van der Waals surface area (Å²) in [6.45, 7) is 14.0. The minimum atomic E-state index is -0.291. The van der Waals surface area contributed by atoms with Crippen LogP contribution in [0.1, 0.15) is 71.6 Å². The molecule has 0 radical (unpaired) electrons. The Labute approximate surface area is 204 Å². The Morgan fingerprint density at radius 3 is 1.97 bits per heavy atom. The van der Waals surface area contributed by atoms with E-state index in [2.05, 4.69) is 84.0 Å². The average Bonchev–Trinajstić information content (AvgIpc) is 2.82. The number of ether oxygens (including phenoxy) is 1. The fourth-order valence-electron chi connectivity index (χ4n) is 6.08. The summed E-state index contributed by atoms with van der Waals surface area (Å²) < 4.78 is 13.6. The Morgan fingerprint density at radius 1 is 0.794 bits per heavy atom. The summed E-state index contributed by atoms with van der Waals surface area (Å²) in [7, 11) is 1.79. The SMILES string of the molecule is C=Cc1cc(C)cc2c1CCCCC/[N+]1=C/c3cc(C)cc(c3OC)/C=[N+]3/CCC/[N+](=C/2)C13C. The molecule has 176 valence electrons. The van der Waals surface area contributed by atoms with Crippen LogP contribution in [0.2, 0.25) is 0 Å². The van der Waals surface area contributed by atoms with Crippen LogP contribution in [0.15, 0.2) is 30.8 Å². The number of aryl methyl sites for hydroxylation is 2. The molecular formula is C30H38N3O+3. The van der Waals surface area contributed by atoms with Crippen LogP contribution >= 0.6 is 0 Å². The molecule has 0 aromatic heterocycles. The van der Waals surface area contributed by atoms with Gasteiger partial charge in [-0.1, -0.05) is 18.7 Å². The van der Waals surface area contributed by atoms with Gasteiger partial charge in [0, 0.05) is 12.0 Å². The molecule has 0 N–H and O–H groups in total. The van der Waals surface area contributed by atoms with E-state index in [9.17, 15) is 0 Å². The lowest BCUT2D eigenvalue weighted by atomic mass is 9.94. The van der Waals surface area contributed by atoms with Crippen LogP contribution in [0.3, 0.4) is 0 Å². The van der Waals surface area contributed by atoms with Crippen molar-refractivity contribution in [2.45, 2.75) is 58.7 Å². The van der Waals surface area contributed by atoms with Gasteiger partial charge in [0.25, 0.3) is 0 Å². The molecule has 2 bridgehead atoms. The molecule has 0 amide bonds. The van der Waals surface area contributed by atoms with Gasteiger partial charge in [-0.05, 0) is 73.6 Å². The van der Waals surface area contributed by atoms with Crippen molar-refractivity contribution in [3.05, 3.63) is 69.8 Å². The Balaban J connectivity index is 1.79. The van der Waals surface area contributed by atoms with Gasteiger partial charge in [0.1, 0.15) is 12.7 Å². The second-order valence-corrected chi connectivity index (χ2v) is 10.2.